The van der Waals surface area contributed by atoms with Gasteiger partial charge in [0.1, 0.15) is 5.69 Å². The lowest BCUT2D eigenvalue weighted by atomic mass is 10.1. The Morgan fingerprint density at radius 2 is 1.76 bits per heavy atom. The highest BCUT2D eigenvalue weighted by molar-refractivity contribution is 5.98. The Bertz CT molecular complexity index is 1330. The van der Waals surface area contributed by atoms with Crippen molar-refractivity contribution in [3.8, 4) is 11.5 Å². The second-order valence-electron chi connectivity index (χ2n) is 6.75. The van der Waals surface area contributed by atoms with Crippen molar-refractivity contribution in [2.45, 2.75) is 6.54 Å². The molecule has 142 valence electrons. The number of fused-ring (bicyclic) bond motifs is 2. The van der Waals surface area contributed by atoms with Crippen molar-refractivity contribution < 1.29 is 9.28 Å². The van der Waals surface area contributed by atoms with Gasteiger partial charge in [0.2, 0.25) is 0 Å². The third kappa shape index (κ3) is 3.12. The number of benzene rings is 3. The van der Waals surface area contributed by atoms with E-state index in [0.717, 1.165) is 22.0 Å². The van der Waals surface area contributed by atoms with Crippen molar-refractivity contribution in [3.05, 3.63) is 83.9 Å². The normalized spacial score (nSPS) is 11.2. The lowest BCUT2D eigenvalue weighted by molar-refractivity contribution is 0.0148. The van der Waals surface area contributed by atoms with Crippen LogP contribution in [0.1, 0.15) is 15.9 Å². The third-order valence-corrected chi connectivity index (χ3v) is 4.81. The second kappa shape index (κ2) is 6.87. The molecule has 5 aromatic rings. The Kier molecular flexibility index (Phi) is 4.05. The van der Waals surface area contributed by atoms with Crippen LogP contribution in [-0.4, -0.2) is 31.2 Å². The maximum absolute atomic E-state index is 14.4. The van der Waals surface area contributed by atoms with Crippen molar-refractivity contribution in [2.24, 2.45) is 0 Å². The summed E-state index contributed by atoms with van der Waals surface area (Å²) in [6.07, 6.45) is 0. The van der Waals surface area contributed by atoms with Gasteiger partial charge in [0.15, 0.2) is 5.82 Å². The number of imidazole rings is 1. The Balaban J connectivity index is 1.45. The van der Waals surface area contributed by atoms with Crippen LogP contribution in [0, 0.1) is 0 Å². The van der Waals surface area contributed by atoms with Crippen molar-refractivity contribution in [1.82, 2.24) is 25.3 Å². The molecule has 5 rings (SSSR count). The van der Waals surface area contributed by atoms with Gasteiger partial charge >= 0.3 is 0 Å². The van der Waals surface area contributed by atoms with Crippen molar-refractivity contribution in [3.63, 3.8) is 0 Å². The summed E-state index contributed by atoms with van der Waals surface area (Å²) in [6, 6.07) is 21.7. The first-order chi connectivity index (χ1) is 14.2. The first-order valence-corrected chi connectivity index (χ1v) is 9.14. The molecule has 0 aliphatic carbocycles. The van der Waals surface area contributed by atoms with Crippen molar-refractivity contribution in [2.75, 3.05) is 0 Å². The fraction of sp³-hybridized carbons (Fsp3) is 0.0455. The Morgan fingerprint density at radius 1 is 0.966 bits per heavy atom. The van der Waals surface area contributed by atoms with E-state index >= 15 is 0 Å². The van der Waals surface area contributed by atoms with Crippen LogP contribution in [-0.2, 0) is 6.54 Å². The van der Waals surface area contributed by atoms with Crippen LogP contribution in [0.15, 0.2) is 72.8 Å². The van der Waals surface area contributed by atoms with Gasteiger partial charge in [0.25, 0.3) is 5.91 Å². The molecule has 2 heterocycles. The molecule has 6 nitrogen and oxygen atoms in total. The summed E-state index contributed by atoms with van der Waals surface area (Å²) in [4.78, 5) is 20.3. The van der Waals surface area contributed by atoms with E-state index in [0.29, 0.717) is 17.0 Å². The molecule has 7 heteroatoms. The van der Waals surface area contributed by atoms with Crippen LogP contribution in [0.25, 0.3) is 33.5 Å². The maximum atomic E-state index is 14.4. The molecule has 0 fully saturated rings. The average molecular weight is 385 g/mol. The van der Waals surface area contributed by atoms with Gasteiger partial charge in [-0.15, -0.1) is 0 Å². The molecule has 0 bridgehead atoms. The van der Waals surface area contributed by atoms with E-state index in [1.165, 1.54) is 0 Å². The quantitative estimate of drug-likeness (QED) is 0.443. The number of halogens is 1. The molecule has 1 amide bonds. The highest BCUT2D eigenvalue weighted by Crippen LogP contribution is 2.26. The van der Waals surface area contributed by atoms with Crippen LogP contribution >= 0.6 is 0 Å². The van der Waals surface area contributed by atoms with Gasteiger partial charge in [-0.3, -0.25) is 9.89 Å². The van der Waals surface area contributed by atoms with E-state index in [2.05, 4.69) is 20.2 Å². The zero-order chi connectivity index (χ0) is 19.8. The highest BCUT2D eigenvalue weighted by Gasteiger charge is 2.18. The lowest BCUT2D eigenvalue weighted by Gasteiger charge is -2.12. The first-order valence-electron chi connectivity index (χ1n) is 9.14. The standard InChI is InChI=1S/C22H16FN5O/c23-28(13-14-6-2-1-3-7-14)22(29)15-10-11-18-19(12-15)25-21(24-18)20-16-8-4-5-9-17(16)26-27-20/h1-12H,13H2,(H,24,25)(H,26,27). The first kappa shape index (κ1) is 17.1. The van der Waals surface area contributed by atoms with E-state index < -0.39 is 5.91 Å². The fourth-order valence-corrected chi connectivity index (χ4v) is 3.35. The third-order valence-electron chi connectivity index (χ3n) is 4.81. The molecule has 2 N–H and O–H groups in total. The second-order valence-corrected chi connectivity index (χ2v) is 6.75. The summed E-state index contributed by atoms with van der Waals surface area (Å²) >= 11 is 0. The lowest BCUT2D eigenvalue weighted by Crippen LogP contribution is -2.22. The molecule has 0 radical (unpaired) electrons. The zero-order valence-electron chi connectivity index (χ0n) is 15.3. The Morgan fingerprint density at radius 3 is 2.62 bits per heavy atom. The number of hydrogen-bond donors (Lipinski definition) is 2. The van der Waals surface area contributed by atoms with E-state index in [1.807, 2.05) is 42.5 Å². The molecule has 29 heavy (non-hydrogen) atoms. The van der Waals surface area contributed by atoms with Gasteiger partial charge in [0, 0.05) is 10.9 Å². The van der Waals surface area contributed by atoms with Gasteiger partial charge in [0.05, 0.1) is 23.1 Å². The van der Waals surface area contributed by atoms with E-state index in [9.17, 15) is 9.28 Å². The van der Waals surface area contributed by atoms with Gasteiger partial charge < -0.3 is 4.98 Å². The molecule has 0 spiro atoms. The number of nitrogens with one attached hydrogen (secondary N) is 2. The number of carbonyl (C=O) groups is 1. The number of nitrogens with zero attached hydrogens (tertiary/aromatic N) is 3. The predicted molar refractivity (Wildman–Crippen MR) is 109 cm³/mol. The summed E-state index contributed by atoms with van der Waals surface area (Å²) in [5.74, 6) is -0.117. The summed E-state index contributed by atoms with van der Waals surface area (Å²) in [7, 11) is 0. The number of aromatic nitrogens is 4. The Hall–Kier alpha value is -4.00. The minimum absolute atomic E-state index is 0.108. The summed E-state index contributed by atoms with van der Waals surface area (Å²) in [5, 5.41) is 8.48. The largest absolute Gasteiger partial charge is 0.337 e. The fourth-order valence-electron chi connectivity index (χ4n) is 3.35. The van der Waals surface area contributed by atoms with E-state index in [1.54, 1.807) is 30.3 Å². The smallest absolute Gasteiger partial charge is 0.281 e. The zero-order valence-corrected chi connectivity index (χ0v) is 15.3. The van der Waals surface area contributed by atoms with Crippen LogP contribution in [0.3, 0.4) is 0 Å². The van der Waals surface area contributed by atoms with Crippen molar-refractivity contribution in [1.29, 1.82) is 0 Å². The molecular formula is C22H16FN5O. The molecule has 0 aliphatic heterocycles. The van der Waals surface area contributed by atoms with E-state index in [-0.39, 0.29) is 17.2 Å². The monoisotopic (exact) mass is 385 g/mol. The molecule has 0 saturated carbocycles. The molecular weight excluding hydrogens is 369 g/mol. The maximum Gasteiger partial charge on any atom is 0.281 e. The van der Waals surface area contributed by atoms with Gasteiger partial charge in [-0.1, -0.05) is 53.0 Å². The predicted octanol–water partition coefficient (Wildman–Crippen LogP) is 4.63. The number of para-hydroxylation sites is 1. The van der Waals surface area contributed by atoms with Gasteiger partial charge in [-0.25, -0.2) is 4.98 Å². The number of carbonyl (C=O) groups excluding carboxylic acids is 1. The van der Waals surface area contributed by atoms with Crippen LogP contribution < -0.4 is 0 Å². The molecule has 2 aromatic heterocycles. The molecule has 0 unspecified atom stereocenters. The highest BCUT2D eigenvalue weighted by atomic mass is 19.2. The number of H-pyrrole nitrogens is 2. The number of rotatable bonds is 4. The molecule has 0 atom stereocenters. The molecule has 0 aliphatic rings. The van der Waals surface area contributed by atoms with Crippen LogP contribution in [0.5, 0.6) is 0 Å². The van der Waals surface area contributed by atoms with Crippen molar-refractivity contribution >= 4 is 27.8 Å². The molecule has 3 aromatic carbocycles. The Labute approximate surface area is 164 Å². The van der Waals surface area contributed by atoms with E-state index in [4.69, 9.17) is 0 Å². The summed E-state index contributed by atoms with van der Waals surface area (Å²) in [6.45, 7) is -0.108. The number of amides is 1. The number of hydrogen-bond acceptors (Lipinski definition) is 3. The minimum atomic E-state index is -0.703. The summed E-state index contributed by atoms with van der Waals surface area (Å²) in [5.41, 5.74) is 3.88. The topological polar surface area (TPSA) is 77.7 Å². The SMILES string of the molecule is O=C(c1ccc2[nH]c(-c3n[nH]c4ccccc34)nc2c1)N(F)Cc1ccccc1. The van der Waals surface area contributed by atoms with Gasteiger partial charge in [-0.05, 0) is 29.8 Å². The minimum Gasteiger partial charge on any atom is -0.337 e. The van der Waals surface area contributed by atoms with Gasteiger partial charge in [-0.2, -0.15) is 10.2 Å². The summed E-state index contributed by atoms with van der Waals surface area (Å²) < 4.78 is 14.4. The van der Waals surface area contributed by atoms with Crippen LogP contribution in [0.4, 0.5) is 4.48 Å². The van der Waals surface area contributed by atoms with Crippen LogP contribution in [0.2, 0.25) is 0 Å². The number of aromatic amines is 2. The average Bonchev–Trinajstić information content (AvgIpc) is 3.37. The molecule has 0 saturated heterocycles.